The summed E-state index contributed by atoms with van der Waals surface area (Å²) in [6.07, 6.45) is 3.64. The second-order valence-electron chi connectivity index (χ2n) is 4.46. The quantitative estimate of drug-likeness (QED) is 0.753. The average Bonchev–Trinajstić information content (AvgIpc) is 2.47. The largest absolute Gasteiger partial charge is 0.382 e. The van der Waals surface area contributed by atoms with E-state index >= 15 is 0 Å². The van der Waals surface area contributed by atoms with Crippen LogP contribution >= 0.6 is 0 Å². The number of nitrogen functional groups attached to an aromatic ring is 2. The molecule has 0 bridgehead atoms. The van der Waals surface area contributed by atoms with E-state index in [1.54, 1.807) is 24.3 Å². The normalized spacial score (nSPS) is 11.3. The molecule has 0 saturated heterocycles. The Morgan fingerprint density at radius 2 is 1.62 bits per heavy atom. The van der Waals surface area contributed by atoms with E-state index in [1.807, 2.05) is 12.2 Å². The molecule has 0 unspecified atom stereocenters. The smallest absolute Gasteiger partial charge is 0.222 e. The number of nitrogens with two attached hydrogens (primary N) is 2. The molecule has 0 fully saturated rings. The van der Waals surface area contributed by atoms with Gasteiger partial charge in [-0.25, -0.2) is 14.4 Å². The zero-order valence-corrected chi connectivity index (χ0v) is 11.0. The molecule has 0 spiro atoms. The van der Waals surface area contributed by atoms with Crippen molar-refractivity contribution >= 4 is 35.0 Å². The molecule has 2 aromatic heterocycles. The summed E-state index contributed by atoms with van der Waals surface area (Å²) in [5.41, 5.74) is 14.0. The summed E-state index contributed by atoms with van der Waals surface area (Å²) in [5, 5.41) is 0. The monoisotopic (exact) mass is 281 g/mol. The molecule has 21 heavy (non-hydrogen) atoms. The van der Waals surface area contributed by atoms with Gasteiger partial charge in [-0.05, 0) is 35.9 Å². The molecule has 4 N–H and O–H groups in total. The third kappa shape index (κ3) is 2.79. The predicted molar refractivity (Wildman–Crippen MR) is 81.5 cm³/mol. The highest BCUT2D eigenvalue weighted by molar-refractivity contribution is 5.86. The number of hydrogen-bond acceptors (Lipinski definition) is 5. The van der Waals surface area contributed by atoms with Crippen LogP contribution in [0.4, 0.5) is 16.2 Å². The fourth-order valence-electron chi connectivity index (χ4n) is 1.92. The molecular weight excluding hydrogens is 269 g/mol. The molecule has 0 atom stereocenters. The van der Waals surface area contributed by atoms with E-state index in [4.69, 9.17) is 11.5 Å². The van der Waals surface area contributed by atoms with Crippen LogP contribution in [0.3, 0.4) is 0 Å². The number of halogens is 1. The van der Waals surface area contributed by atoms with Gasteiger partial charge in [0.2, 0.25) is 5.95 Å². The molecule has 104 valence electrons. The lowest BCUT2D eigenvalue weighted by molar-refractivity contribution is 0.628. The Bertz CT molecular complexity index is 827. The van der Waals surface area contributed by atoms with Crippen LogP contribution in [-0.4, -0.2) is 15.0 Å². The van der Waals surface area contributed by atoms with Gasteiger partial charge in [0.25, 0.3) is 0 Å². The van der Waals surface area contributed by atoms with E-state index in [2.05, 4.69) is 15.0 Å². The van der Waals surface area contributed by atoms with Crippen molar-refractivity contribution in [1.82, 2.24) is 15.0 Å². The number of aromatic nitrogens is 3. The Morgan fingerprint density at radius 3 is 2.38 bits per heavy atom. The van der Waals surface area contributed by atoms with E-state index < -0.39 is 0 Å². The van der Waals surface area contributed by atoms with E-state index in [9.17, 15) is 4.39 Å². The highest BCUT2D eigenvalue weighted by Crippen LogP contribution is 2.18. The van der Waals surface area contributed by atoms with Crippen LogP contribution in [0.5, 0.6) is 0 Å². The van der Waals surface area contributed by atoms with Gasteiger partial charge in [-0.2, -0.15) is 4.98 Å². The van der Waals surface area contributed by atoms with Crippen LogP contribution in [0, 0.1) is 5.82 Å². The first-order chi connectivity index (χ1) is 10.1. The molecule has 0 aliphatic carbocycles. The zero-order chi connectivity index (χ0) is 14.8. The minimum atomic E-state index is -0.265. The van der Waals surface area contributed by atoms with Gasteiger partial charge >= 0.3 is 0 Å². The van der Waals surface area contributed by atoms with Crippen molar-refractivity contribution in [2.45, 2.75) is 0 Å². The van der Waals surface area contributed by atoms with Crippen LogP contribution in [0.2, 0.25) is 0 Å². The fourth-order valence-corrected chi connectivity index (χ4v) is 1.92. The number of pyridine rings is 1. The first kappa shape index (κ1) is 13.0. The molecule has 1 aromatic carbocycles. The van der Waals surface area contributed by atoms with Gasteiger partial charge < -0.3 is 11.5 Å². The van der Waals surface area contributed by atoms with Gasteiger partial charge in [0.05, 0.1) is 11.2 Å². The lowest BCUT2D eigenvalue weighted by Gasteiger charge is -2.02. The predicted octanol–water partition coefficient (Wildman–Crippen LogP) is 2.50. The molecule has 0 radical (unpaired) electrons. The summed E-state index contributed by atoms with van der Waals surface area (Å²) in [6, 6.07) is 9.76. The number of rotatable bonds is 2. The third-order valence-electron chi connectivity index (χ3n) is 2.92. The van der Waals surface area contributed by atoms with E-state index in [-0.39, 0.29) is 17.6 Å². The maximum absolute atomic E-state index is 12.8. The van der Waals surface area contributed by atoms with Crippen LogP contribution < -0.4 is 11.5 Å². The van der Waals surface area contributed by atoms with Gasteiger partial charge in [0, 0.05) is 0 Å². The van der Waals surface area contributed by atoms with E-state index in [0.717, 1.165) is 5.56 Å². The second-order valence-corrected chi connectivity index (χ2v) is 4.46. The first-order valence-corrected chi connectivity index (χ1v) is 6.25. The Hall–Kier alpha value is -3.02. The summed E-state index contributed by atoms with van der Waals surface area (Å²) in [4.78, 5) is 12.3. The summed E-state index contributed by atoms with van der Waals surface area (Å²) in [7, 11) is 0. The SMILES string of the molecule is Nc1nc(N)c2nc(/C=C/c3ccc(F)cc3)ccc2n1. The standard InChI is InChI=1S/C15H12FN5/c16-10-4-1-9(2-5-10)3-6-11-7-8-12-13(19-11)14(17)21-15(18)20-12/h1-8H,(H4,17,18,20,21)/b6-3+. The molecule has 0 aliphatic heterocycles. The second kappa shape index (κ2) is 5.16. The van der Waals surface area contributed by atoms with Crippen molar-refractivity contribution in [3.8, 4) is 0 Å². The van der Waals surface area contributed by atoms with Crippen molar-refractivity contribution in [2.24, 2.45) is 0 Å². The number of benzene rings is 1. The van der Waals surface area contributed by atoms with Gasteiger partial charge in [0.1, 0.15) is 11.3 Å². The van der Waals surface area contributed by atoms with Crippen molar-refractivity contribution < 1.29 is 4.39 Å². The van der Waals surface area contributed by atoms with Gasteiger partial charge in [-0.1, -0.05) is 18.2 Å². The van der Waals surface area contributed by atoms with Gasteiger partial charge in [-0.15, -0.1) is 0 Å². The molecule has 0 saturated carbocycles. The number of nitrogens with zero attached hydrogens (tertiary/aromatic N) is 3. The topological polar surface area (TPSA) is 90.7 Å². The summed E-state index contributed by atoms with van der Waals surface area (Å²) in [5.74, 6) is 0.101. The van der Waals surface area contributed by atoms with Crippen molar-refractivity contribution in [2.75, 3.05) is 11.5 Å². The van der Waals surface area contributed by atoms with Crippen LogP contribution in [-0.2, 0) is 0 Å². The maximum Gasteiger partial charge on any atom is 0.222 e. The number of anilines is 2. The average molecular weight is 281 g/mol. The summed E-state index contributed by atoms with van der Waals surface area (Å²) >= 11 is 0. The van der Waals surface area contributed by atoms with Crippen LogP contribution in [0.15, 0.2) is 36.4 Å². The highest BCUT2D eigenvalue weighted by Gasteiger charge is 2.04. The Balaban J connectivity index is 1.96. The Kier molecular flexibility index (Phi) is 3.19. The summed E-state index contributed by atoms with van der Waals surface area (Å²) < 4.78 is 12.8. The lowest BCUT2D eigenvalue weighted by Crippen LogP contribution is -2.02. The van der Waals surface area contributed by atoms with E-state index in [0.29, 0.717) is 16.7 Å². The molecule has 0 amide bonds. The first-order valence-electron chi connectivity index (χ1n) is 6.25. The van der Waals surface area contributed by atoms with E-state index in [1.165, 1.54) is 12.1 Å². The van der Waals surface area contributed by atoms with Gasteiger partial charge in [0.15, 0.2) is 5.82 Å². The molecule has 2 heterocycles. The van der Waals surface area contributed by atoms with Crippen molar-refractivity contribution in [1.29, 1.82) is 0 Å². The number of fused-ring (bicyclic) bond motifs is 1. The van der Waals surface area contributed by atoms with Crippen LogP contribution in [0.1, 0.15) is 11.3 Å². The molecule has 3 aromatic rings. The Labute approximate surface area is 120 Å². The molecule has 0 aliphatic rings. The van der Waals surface area contributed by atoms with Gasteiger partial charge in [-0.3, -0.25) is 0 Å². The maximum atomic E-state index is 12.8. The minimum Gasteiger partial charge on any atom is -0.382 e. The Morgan fingerprint density at radius 1 is 0.857 bits per heavy atom. The highest BCUT2D eigenvalue weighted by atomic mass is 19.1. The molecule has 3 rings (SSSR count). The number of hydrogen-bond donors (Lipinski definition) is 2. The molecule has 6 heteroatoms. The molecular formula is C15H12FN5. The van der Waals surface area contributed by atoms with Crippen molar-refractivity contribution in [3.05, 3.63) is 53.5 Å². The van der Waals surface area contributed by atoms with Crippen molar-refractivity contribution in [3.63, 3.8) is 0 Å². The third-order valence-corrected chi connectivity index (χ3v) is 2.92. The van der Waals surface area contributed by atoms with Crippen LogP contribution in [0.25, 0.3) is 23.2 Å². The lowest BCUT2D eigenvalue weighted by atomic mass is 10.2. The minimum absolute atomic E-state index is 0.122. The fraction of sp³-hybridized carbons (Fsp3) is 0. The molecule has 5 nitrogen and oxygen atoms in total. The summed E-state index contributed by atoms with van der Waals surface area (Å²) in [6.45, 7) is 0. The zero-order valence-electron chi connectivity index (χ0n) is 11.0.